The molecule has 1 unspecified atom stereocenters. The number of nitrogens with one attached hydrogen (secondary N) is 1. The largest absolute Gasteiger partial charge is 0.383 e. The molecule has 1 aliphatic rings. The van der Waals surface area contributed by atoms with Gasteiger partial charge in [-0.3, -0.25) is 0 Å². The third kappa shape index (κ3) is 5.40. The van der Waals surface area contributed by atoms with Crippen molar-refractivity contribution >= 4 is 0 Å². The summed E-state index contributed by atoms with van der Waals surface area (Å²) in [7, 11) is 4.12. The topological polar surface area (TPSA) is 15.3 Å². The van der Waals surface area contributed by atoms with Gasteiger partial charge in [0, 0.05) is 20.1 Å². The van der Waals surface area contributed by atoms with Crippen LogP contribution in [-0.4, -0.2) is 31.6 Å². The van der Waals surface area contributed by atoms with Crippen molar-refractivity contribution < 1.29 is 0 Å². The van der Waals surface area contributed by atoms with Crippen molar-refractivity contribution in [2.75, 3.05) is 20.6 Å². The Bertz CT molecular complexity index is 287. The monoisotopic (exact) mass is 236 g/mol. The molecule has 1 aliphatic heterocycles. The van der Waals surface area contributed by atoms with Crippen LogP contribution in [-0.2, 0) is 0 Å². The van der Waals surface area contributed by atoms with Gasteiger partial charge in [0.2, 0.25) is 0 Å². The first kappa shape index (κ1) is 14.3. The Balaban J connectivity index is 2.52. The molecule has 2 heteroatoms. The van der Waals surface area contributed by atoms with Crippen LogP contribution < -0.4 is 5.32 Å². The smallest absolute Gasteiger partial charge is 0.0112 e. The zero-order valence-electron chi connectivity index (χ0n) is 12.1. The molecule has 1 saturated heterocycles. The molecule has 17 heavy (non-hydrogen) atoms. The molecule has 0 amide bonds. The third-order valence-corrected chi connectivity index (χ3v) is 3.47. The molecule has 1 atom stereocenters. The molecule has 0 aromatic rings. The zero-order chi connectivity index (χ0) is 12.9. The van der Waals surface area contributed by atoms with Gasteiger partial charge in [-0.1, -0.05) is 19.9 Å². The highest BCUT2D eigenvalue weighted by molar-refractivity contribution is 5.19. The predicted octanol–water partition coefficient (Wildman–Crippen LogP) is 3.18. The van der Waals surface area contributed by atoms with E-state index in [4.69, 9.17) is 0 Å². The van der Waals surface area contributed by atoms with Crippen LogP contribution in [0, 0.1) is 5.41 Å². The fourth-order valence-corrected chi connectivity index (χ4v) is 2.41. The molecule has 98 valence electrons. The van der Waals surface area contributed by atoms with Gasteiger partial charge in [0.1, 0.15) is 0 Å². The molecule has 0 aliphatic carbocycles. The number of hydrogen-bond acceptors (Lipinski definition) is 2. The van der Waals surface area contributed by atoms with Crippen LogP contribution in [0.25, 0.3) is 0 Å². The predicted molar refractivity (Wildman–Crippen MR) is 76.0 cm³/mol. The van der Waals surface area contributed by atoms with E-state index in [1.807, 2.05) is 0 Å². The van der Waals surface area contributed by atoms with Gasteiger partial charge in [0.05, 0.1) is 0 Å². The van der Waals surface area contributed by atoms with E-state index >= 15 is 0 Å². The summed E-state index contributed by atoms with van der Waals surface area (Å²) in [5, 5.41) is 3.64. The number of nitrogens with zero attached hydrogens (tertiary/aromatic N) is 1. The molecule has 1 rings (SSSR count). The summed E-state index contributed by atoms with van der Waals surface area (Å²) in [6.07, 6.45) is 10.3. The SMILES string of the molecule is C/C=C(\C=C/N(C)C)CC1CC(C)(C)CCN1. The van der Waals surface area contributed by atoms with Crippen LogP contribution in [0.4, 0.5) is 0 Å². The fraction of sp³-hybridized carbons (Fsp3) is 0.733. The number of piperidine rings is 1. The lowest BCUT2D eigenvalue weighted by molar-refractivity contribution is 0.209. The lowest BCUT2D eigenvalue weighted by atomic mass is 9.78. The van der Waals surface area contributed by atoms with Crippen molar-refractivity contribution in [2.24, 2.45) is 5.41 Å². The minimum absolute atomic E-state index is 0.500. The summed E-state index contributed by atoms with van der Waals surface area (Å²) < 4.78 is 0. The van der Waals surface area contributed by atoms with E-state index in [0.717, 1.165) is 13.0 Å². The molecule has 1 N–H and O–H groups in total. The summed E-state index contributed by atoms with van der Waals surface area (Å²) in [4.78, 5) is 2.09. The normalized spacial score (nSPS) is 25.2. The van der Waals surface area contributed by atoms with Crippen LogP contribution in [0.2, 0.25) is 0 Å². The minimum atomic E-state index is 0.500. The Labute approximate surface area is 107 Å². The molecule has 1 fully saturated rings. The number of allylic oxidation sites excluding steroid dienone is 2. The Hall–Kier alpha value is -0.760. The van der Waals surface area contributed by atoms with Gasteiger partial charge in [0.25, 0.3) is 0 Å². The first-order valence-corrected chi connectivity index (χ1v) is 6.66. The van der Waals surface area contributed by atoms with Gasteiger partial charge in [-0.15, -0.1) is 0 Å². The van der Waals surface area contributed by atoms with E-state index in [2.05, 4.69) is 63.4 Å². The van der Waals surface area contributed by atoms with Gasteiger partial charge >= 0.3 is 0 Å². The van der Waals surface area contributed by atoms with Crippen LogP contribution >= 0.6 is 0 Å². The molecule has 0 bridgehead atoms. The second kappa shape index (κ2) is 6.25. The maximum Gasteiger partial charge on any atom is 0.0112 e. The molecule has 0 aromatic heterocycles. The molecule has 0 aromatic carbocycles. The van der Waals surface area contributed by atoms with Crippen LogP contribution in [0.15, 0.2) is 23.9 Å². The Kier molecular flexibility index (Phi) is 5.26. The van der Waals surface area contributed by atoms with Gasteiger partial charge in [-0.2, -0.15) is 0 Å². The van der Waals surface area contributed by atoms with Gasteiger partial charge < -0.3 is 10.2 Å². The third-order valence-electron chi connectivity index (χ3n) is 3.47. The van der Waals surface area contributed by atoms with E-state index in [-0.39, 0.29) is 0 Å². The van der Waals surface area contributed by atoms with Crippen molar-refractivity contribution in [2.45, 2.75) is 46.1 Å². The standard InChI is InChI=1S/C15H28N2/c1-6-13(7-10-17(4)5)11-14-12-15(2,3)8-9-16-14/h6-7,10,14,16H,8-9,11-12H2,1-5H3/b10-7-,13-6+. The molecular weight excluding hydrogens is 208 g/mol. The average Bonchev–Trinajstić information content (AvgIpc) is 2.22. The molecule has 0 spiro atoms. The summed E-state index contributed by atoms with van der Waals surface area (Å²) in [6, 6.07) is 0.636. The highest BCUT2D eigenvalue weighted by Crippen LogP contribution is 2.31. The van der Waals surface area contributed by atoms with Crippen LogP contribution in [0.5, 0.6) is 0 Å². The van der Waals surface area contributed by atoms with Crippen molar-refractivity contribution in [3.63, 3.8) is 0 Å². The number of rotatable bonds is 4. The molecule has 2 nitrogen and oxygen atoms in total. The Morgan fingerprint density at radius 1 is 1.41 bits per heavy atom. The van der Waals surface area contributed by atoms with Crippen molar-refractivity contribution in [1.29, 1.82) is 0 Å². The second-order valence-electron chi connectivity index (χ2n) is 6.12. The van der Waals surface area contributed by atoms with E-state index in [1.54, 1.807) is 0 Å². The maximum absolute atomic E-state index is 3.64. The fourth-order valence-electron chi connectivity index (χ4n) is 2.41. The summed E-state index contributed by atoms with van der Waals surface area (Å²) in [6.45, 7) is 8.05. The first-order valence-electron chi connectivity index (χ1n) is 6.66. The maximum atomic E-state index is 3.64. The summed E-state index contributed by atoms with van der Waals surface area (Å²) >= 11 is 0. The van der Waals surface area contributed by atoms with Crippen LogP contribution in [0.3, 0.4) is 0 Å². The molecular formula is C15H28N2. The zero-order valence-corrected chi connectivity index (χ0v) is 12.1. The van der Waals surface area contributed by atoms with Crippen LogP contribution in [0.1, 0.15) is 40.0 Å². The summed E-state index contributed by atoms with van der Waals surface area (Å²) in [5.74, 6) is 0. The Morgan fingerprint density at radius 3 is 2.65 bits per heavy atom. The lowest BCUT2D eigenvalue weighted by Crippen LogP contribution is -2.41. The molecule has 0 radical (unpaired) electrons. The van der Waals surface area contributed by atoms with Crippen molar-refractivity contribution in [3.8, 4) is 0 Å². The highest BCUT2D eigenvalue weighted by atomic mass is 15.0. The van der Waals surface area contributed by atoms with Crippen molar-refractivity contribution in [1.82, 2.24) is 10.2 Å². The van der Waals surface area contributed by atoms with Crippen molar-refractivity contribution in [3.05, 3.63) is 23.9 Å². The first-order chi connectivity index (χ1) is 7.93. The molecule has 1 heterocycles. The van der Waals surface area contributed by atoms with Gasteiger partial charge in [0.15, 0.2) is 0 Å². The second-order valence-corrected chi connectivity index (χ2v) is 6.12. The van der Waals surface area contributed by atoms with E-state index in [0.29, 0.717) is 11.5 Å². The van der Waals surface area contributed by atoms with E-state index < -0.39 is 0 Å². The van der Waals surface area contributed by atoms with Gasteiger partial charge in [-0.25, -0.2) is 0 Å². The quantitative estimate of drug-likeness (QED) is 0.754. The lowest BCUT2D eigenvalue weighted by Gasteiger charge is -2.36. The average molecular weight is 236 g/mol. The highest BCUT2D eigenvalue weighted by Gasteiger charge is 2.27. The number of hydrogen-bond donors (Lipinski definition) is 1. The minimum Gasteiger partial charge on any atom is -0.383 e. The Morgan fingerprint density at radius 2 is 2.12 bits per heavy atom. The van der Waals surface area contributed by atoms with Gasteiger partial charge in [-0.05, 0) is 56.0 Å². The van der Waals surface area contributed by atoms with E-state index in [9.17, 15) is 0 Å². The van der Waals surface area contributed by atoms with E-state index in [1.165, 1.54) is 18.4 Å². The summed E-state index contributed by atoms with van der Waals surface area (Å²) in [5.41, 5.74) is 1.92. The molecule has 0 saturated carbocycles.